The van der Waals surface area contributed by atoms with Gasteiger partial charge < -0.3 is 10.6 Å². The van der Waals surface area contributed by atoms with Crippen LogP contribution in [0.4, 0.5) is 18.9 Å². The number of hydrogen-bond acceptors (Lipinski definition) is 2. The molecule has 1 saturated carbocycles. The lowest BCUT2D eigenvalue weighted by molar-refractivity contribution is -0.138. The highest BCUT2D eigenvalue weighted by atomic mass is 19.4. The second kappa shape index (κ2) is 6.04. The smallest absolute Gasteiger partial charge is 0.399 e. The Morgan fingerprint density at radius 2 is 1.90 bits per heavy atom. The van der Waals surface area contributed by atoms with Crippen molar-refractivity contribution < 1.29 is 13.2 Å². The van der Waals surface area contributed by atoms with Gasteiger partial charge in [-0.25, -0.2) is 0 Å². The summed E-state index contributed by atoms with van der Waals surface area (Å²) >= 11 is 0. The minimum atomic E-state index is -4.35. The zero-order valence-electron chi connectivity index (χ0n) is 11.7. The summed E-state index contributed by atoms with van der Waals surface area (Å²) in [7, 11) is 1.88. The first-order valence-corrected chi connectivity index (χ1v) is 7.00. The number of halogens is 3. The molecule has 1 aromatic rings. The average molecular weight is 286 g/mol. The number of rotatable bonds is 4. The van der Waals surface area contributed by atoms with Crippen molar-refractivity contribution in [3.05, 3.63) is 29.3 Å². The van der Waals surface area contributed by atoms with Gasteiger partial charge in [0, 0.05) is 18.8 Å². The Bertz CT molecular complexity index is 451. The molecule has 0 aromatic heterocycles. The second-order valence-corrected chi connectivity index (χ2v) is 5.76. The van der Waals surface area contributed by atoms with Gasteiger partial charge >= 0.3 is 6.18 Å². The van der Waals surface area contributed by atoms with Crippen LogP contribution in [-0.4, -0.2) is 18.5 Å². The van der Waals surface area contributed by atoms with E-state index in [1.165, 1.54) is 37.8 Å². The van der Waals surface area contributed by atoms with Gasteiger partial charge in [0.05, 0.1) is 5.56 Å². The lowest BCUT2D eigenvalue weighted by Gasteiger charge is -2.23. The third-order valence-corrected chi connectivity index (χ3v) is 3.92. The zero-order chi connectivity index (χ0) is 14.8. The summed E-state index contributed by atoms with van der Waals surface area (Å²) in [6.45, 7) is 1.17. The molecule has 2 rings (SSSR count). The first-order chi connectivity index (χ1) is 9.36. The van der Waals surface area contributed by atoms with Crippen molar-refractivity contribution in [1.29, 1.82) is 0 Å². The Hall–Kier alpha value is -1.23. The maximum Gasteiger partial charge on any atom is 0.416 e. The van der Waals surface area contributed by atoms with Crippen molar-refractivity contribution in [2.24, 2.45) is 5.92 Å². The van der Waals surface area contributed by atoms with Crippen LogP contribution in [0.15, 0.2) is 18.2 Å². The molecule has 1 aromatic carbocycles. The van der Waals surface area contributed by atoms with E-state index in [0.29, 0.717) is 18.0 Å². The van der Waals surface area contributed by atoms with Gasteiger partial charge in [-0.05, 0) is 43.5 Å². The number of hydrogen-bond donors (Lipinski definition) is 1. The van der Waals surface area contributed by atoms with Crippen LogP contribution in [0.3, 0.4) is 0 Å². The standard InChI is InChI=1S/C15H21F3N2/c1-20(9-11-4-2-3-5-11)10-12-6-7-13(19)8-14(12)15(16,17)18/h6-8,11H,2-5,9-10,19H2,1H3. The molecule has 112 valence electrons. The molecule has 20 heavy (non-hydrogen) atoms. The number of anilines is 1. The maximum absolute atomic E-state index is 13.0. The predicted octanol–water partition coefficient (Wildman–Crippen LogP) is 3.91. The van der Waals surface area contributed by atoms with Crippen molar-refractivity contribution >= 4 is 5.69 Å². The van der Waals surface area contributed by atoms with Gasteiger partial charge in [0.2, 0.25) is 0 Å². The summed E-state index contributed by atoms with van der Waals surface area (Å²) < 4.78 is 39.0. The molecule has 0 radical (unpaired) electrons. The molecule has 0 amide bonds. The largest absolute Gasteiger partial charge is 0.416 e. The van der Waals surface area contributed by atoms with E-state index in [-0.39, 0.29) is 5.69 Å². The molecule has 0 heterocycles. The summed E-state index contributed by atoms with van der Waals surface area (Å²) in [6.07, 6.45) is 0.525. The van der Waals surface area contributed by atoms with E-state index in [4.69, 9.17) is 5.73 Å². The van der Waals surface area contributed by atoms with Gasteiger partial charge in [0.1, 0.15) is 0 Å². The van der Waals surface area contributed by atoms with Gasteiger partial charge in [-0.2, -0.15) is 13.2 Å². The minimum Gasteiger partial charge on any atom is -0.399 e. The highest BCUT2D eigenvalue weighted by molar-refractivity contribution is 5.46. The first kappa shape index (κ1) is 15.2. The Balaban J connectivity index is 2.08. The molecule has 1 aliphatic rings. The average Bonchev–Trinajstić information content (AvgIpc) is 2.82. The molecule has 1 fully saturated rings. The molecule has 1 aliphatic carbocycles. The summed E-state index contributed by atoms with van der Waals surface area (Å²) in [4.78, 5) is 1.98. The van der Waals surface area contributed by atoms with Gasteiger partial charge in [-0.15, -0.1) is 0 Å². The number of nitrogens with two attached hydrogens (primary N) is 1. The molecule has 5 heteroatoms. The van der Waals surface area contributed by atoms with E-state index in [1.807, 2.05) is 11.9 Å². The topological polar surface area (TPSA) is 29.3 Å². The van der Waals surface area contributed by atoms with Crippen molar-refractivity contribution in [3.8, 4) is 0 Å². The van der Waals surface area contributed by atoms with Gasteiger partial charge in [0.15, 0.2) is 0 Å². The van der Waals surface area contributed by atoms with Crippen LogP contribution in [0.2, 0.25) is 0 Å². The van der Waals surface area contributed by atoms with E-state index in [9.17, 15) is 13.2 Å². The monoisotopic (exact) mass is 286 g/mol. The summed E-state index contributed by atoms with van der Waals surface area (Å²) in [6, 6.07) is 4.05. The third kappa shape index (κ3) is 3.88. The molecular formula is C15H21F3N2. The summed E-state index contributed by atoms with van der Waals surface area (Å²) in [5, 5.41) is 0. The van der Waals surface area contributed by atoms with E-state index < -0.39 is 11.7 Å². The molecule has 0 unspecified atom stereocenters. The Morgan fingerprint density at radius 3 is 2.50 bits per heavy atom. The minimum absolute atomic E-state index is 0.152. The number of alkyl halides is 3. The fourth-order valence-corrected chi connectivity index (χ4v) is 2.98. The van der Waals surface area contributed by atoms with Crippen LogP contribution in [0.1, 0.15) is 36.8 Å². The quantitative estimate of drug-likeness (QED) is 0.850. The number of nitrogens with zero attached hydrogens (tertiary/aromatic N) is 1. The van der Waals surface area contributed by atoms with Crippen LogP contribution >= 0.6 is 0 Å². The van der Waals surface area contributed by atoms with Crippen molar-refractivity contribution in [2.75, 3.05) is 19.3 Å². The van der Waals surface area contributed by atoms with Crippen LogP contribution in [-0.2, 0) is 12.7 Å². The van der Waals surface area contributed by atoms with Gasteiger partial charge in [-0.3, -0.25) is 0 Å². The molecule has 0 bridgehead atoms. The van der Waals surface area contributed by atoms with Crippen LogP contribution in [0.25, 0.3) is 0 Å². The van der Waals surface area contributed by atoms with Crippen LogP contribution in [0.5, 0.6) is 0 Å². The lowest BCUT2D eigenvalue weighted by Crippen LogP contribution is -2.25. The van der Waals surface area contributed by atoms with Crippen molar-refractivity contribution in [2.45, 2.75) is 38.4 Å². The highest BCUT2D eigenvalue weighted by Crippen LogP contribution is 2.34. The van der Waals surface area contributed by atoms with Gasteiger partial charge in [-0.1, -0.05) is 18.9 Å². The number of nitrogen functional groups attached to an aromatic ring is 1. The fourth-order valence-electron chi connectivity index (χ4n) is 2.98. The van der Waals surface area contributed by atoms with E-state index in [0.717, 1.165) is 12.6 Å². The van der Waals surface area contributed by atoms with Crippen LogP contribution < -0.4 is 5.73 Å². The Kier molecular flexibility index (Phi) is 4.58. The normalized spacial score (nSPS) is 17.1. The fraction of sp³-hybridized carbons (Fsp3) is 0.600. The molecule has 0 atom stereocenters. The van der Waals surface area contributed by atoms with Crippen molar-refractivity contribution in [1.82, 2.24) is 4.90 Å². The summed E-state index contributed by atoms with van der Waals surface area (Å²) in [5.41, 5.74) is 5.31. The summed E-state index contributed by atoms with van der Waals surface area (Å²) in [5.74, 6) is 0.628. The van der Waals surface area contributed by atoms with E-state index in [2.05, 4.69) is 0 Å². The molecule has 2 nitrogen and oxygen atoms in total. The zero-order valence-corrected chi connectivity index (χ0v) is 11.7. The predicted molar refractivity (Wildman–Crippen MR) is 74.1 cm³/mol. The Morgan fingerprint density at radius 1 is 1.25 bits per heavy atom. The lowest BCUT2D eigenvalue weighted by atomic mass is 10.0. The number of benzene rings is 1. The Labute approximate surface area is 117 Å². The first-order valence-electron chi connectivity index (χ1n) is 7.00. The molecular weight excluding hydrogens is 265 g/mol. The highest BCUT2D eigenvalue weighted by Gasteiger charge is 2.33. The molecule has 0 aliphatic heterocycles. The van der Waals surface area contributed by atoms with Gasteiger partial charge in [0.25, 0.3) is 0 Å². The molecule has 2 N–H and O–H groups in total. The SMILES string of the molecule is CN(Cc1ccc(N)cc1C(F)(F)F)CC1CCCC1. The van der Waals surface area contributed by atoms with Crippen LogP contribution in [0, 0.1) is 5.92 Å². The molecule has 0 saturated heterocycles. The van der Waals surface area contributed by atoms with E-state index in [1.54, 1.807) is 0 Å². The second-order valence-electron chi connectivity index (χ2n) is 5.76. The third-order valence-electron chi connectivity index (χ3n) is 3.92. The van der Waals surface area contributed by atoms with Crippen molar-refractivity contribution in [3.63, 3.8) is 0 Å². The van der Waals surface area contributed by atoms with E-state index >= 15 is 0 Å². The maximum atomic E-state index is 13.0. The molecule has 0 spiro atoms.